The molecular formula is C6H9NO2S. The van der Waals surface area contributed by atoms with Crippen LogP contribution in [0.3, 0.4) is 0 Å². The Morgan fingerprint density at radius 2 is 2.50 bits per heavy atom. The Morgan fingerprint density at radius 1 is 1.80 bits per heavy atom. The number of carbonyl (C=O) groups is 1. The van der Waals surface area contributed by atoms with Crippen LogP contribution < -0.4 is 5.73 Å². The molecule has 56 valence electrons. The van der Waals surface area contributed by atoms with Crippen LogP contribution in [0.1, 0.15) is 6.92 Å². The summed E-state index contributed by atoms with van der Waals surface area (Å²) in [7, 11) is 0. The van der Waals surface area contributed by atoms with E-state index >= 15 is 0 Å². The van der Waals surface area contributed by atoms with Crippen molar-refractivity contribution in [2.75, 3.05) is 12.4 Å². The van der Waals surface area contributed by atoms with Gasteiger partial charge in [-0.2, -0.15) is 0 Å². The van der Waals surface area contributed by atoms with Gasteiger partial charge in [-0.1, -0.05) is 0 Å². The standard InChI is InChI=1S/C6H9NO2S/c1-4-5(6(7)8)10-3-2-9-4/h2-3H2,1H3,(H2,7,8). The number of hydrogen-bond acceptors (Lipinski definition) is 3. The van der Waals surface area contributed by atoms with Crippen LogP contribution in [0.4, 0.5) is 0 Å². The molecule has 1 heterocycles. The summed E-state index contributed by atoms with van der Waals surface area (Å²) in [6, 6.07) is 0. The lowest BCUT2D eigenvalue weighted by Gasteiger charge is -2.15. The van der Waals surface area contributed by atoms with Gasteiger partial charge in [0, 0.05) is 5.75 Å². The molecule has 4 heteroatoms. The highest BCUT2D eigenvalue weighted by molar-refractivity contribution is 8.04. The Labute approximate surface area is 63.6 Å². The van der Waals surface area contributed by atoms with Crippen molar-refractivity contribution in [1.29, 1.82) is 0 Å². The molecule has 0 aliphatic carbocycles. The molecule has 0 bridgehead atoms. The van der Waals surface area contributed by atoms with Crippen molar-refractivity contribution in [3.8, 4) is 0 Å². The molecule has 3 nitrogen and oxygen atoms in total. The maximum atomic E-state index is 10.6. The van der Waals surface area contributed by atoms with E-state index in [1.54, 1.807) is 6.92 Å². The zero-order valence-electron chi connectivity index (χ0n) is 5.72. The van der Waals surface area contributed by atoms with Crippen LogP contribution in [0.2, 0.25) is 0 Å². The predicted octanol–water partition coefficient (Wildman–Crippen LogP) is 0.467. The van der Waals surface area contributed by atoms with E-state index in [9.17, 15) is 4.79 Å². The Hall–Kier alpha value is -0.640. The lowest BCUT2D eigenvalue weighted by Crippen LogP contribution is -2.18. The molecule has 0 aromatic rings. The third kappa shape index (κ3) is 1.44. The van der Waals surface area contributed by atoms with Gasteiger partial charge in [-0.3, -0.25) is 4.79 Å². The second kappa shape index (κ2) is 2.96. The highest BCUT2D eigenvalue weighted by Crippen LogP contribution is 2.24. The summed E-state index contributed by atoms with van der Waals surface area (Å²) in [4.78, 5) is 11.2. The van der Waals surface area contributed by atoms with E-state index in [2.05, 4.69) is 0 Å². The lowest BCUT2D eigenvalue weighted by atomic mass is 10.4. The van der Waals surface area contributed by atoms with Gasteiger partial charge in [0.2, 0.25) is 0 Å². The van der Waals surface area contributed by atoms with Crippen molar-refractivity contribution in [2.45, 2.75) is 6.92 Å². The molecule has 0 unspecified atom stereocenters. The van der Waals surface area contributed by atoms with E-state index < -0.39 is 0 Å². The fourth-order valence-corrected chi connectivity index (χ4v) is 1.53. The molecule has 1 amide bonds. The Balaban J connectivity index is 2.78. The van der Waals surface area contributed by atoms with E-state index in [0.717, 1.165) is 5.75 Å². The number of nitrogens with two attached hydrogens (primary N) is 1. The van der Waals surface area contributed by atoms with E-state index in [1.807, 2.05) is 0 Å². The maximum Gasteiger partial charge on any atom is 0.258 e. The quantitative estimate of drug-likeness (QED) is 0.605. The van der Waals surface area contributed by atoms with Crippen molar-refractivity contribution in [3.63, 3.8) is 0 Å². The zero-order valence-corrected chi connectivity index (χ0v) is 6.53. The molecule has 1 aliphatic rings. The van der Waals surface area contributed by atoms with Crippen LogP contribution >= 0.6 is 11.8 Å². The van der Waals surface area contributed by atoms with Crippen molar-refractivity contribution >= 4 is 17.7 Å². The molecule has 1 aliphatic heterocycles. The van der Waals surface area contributed by atoms with Crippen LogP contribution in [0.5, 0.6) is 0 Å². The van der Waals surface area contributed by atoms with Crippen LogP contribution in [0.15, 0.2) is 10.7 Å². The van der Waals surface area contributed by atoms with Gasteiger partial charge in [0.25, 0.3) is 5.91 Å². The fourth-order valence-electron chi connectivity index (χ4n) is 0.750. The van der Waals surface area contributed by atoms with Gasteiger partial charge in [-0.05, 0) is 6.92 Å². The first kappa shape index (κ1) is 7.47. The smallest absolute Gasteiger partial charge is 0.258 e. The summed E-state index contributed by atoms with van der Waals surface area (Å²) < 4.78 is 5.11. The second-order valence-electron chi connectivity index (χ2n) is 1.95. The van der Waals surface area contributed by atoms with Gasteiger partial charge in [0.05, 0.1) is 6.61 Å². The van der Waals surface area contributed by atoms with Gasteiger partial charge in [0.15, 0.2) is 0 Å². The summed E-state index contributed by atoms with van der Waals surface area (Å²) >= 11 is 1.46. The first-order valence-corrected chi connectivity index (χ1v) is 3.96. The number of primary amides is 1. The average Bonchev–Trinajstić information content (AvgIpc) is 1.88. The molecule has 0 spiro atoms. The summed E-state index contributed by atoms with van der Waals surface area (Å²) in [6.45, 7) is 2.43. The van der Waals surface area contributed by atoms with Gasteiger partial charge < -0.3 is 10.5 Å². The summed E-state index contributed by atoms with van der Waals surface area (Å²) in [6.07, 6.45) is 0. The third-order valence-corrected chi connectivity index (χ3v) is 2.34. The number of ether oxygens (including phenoxy) is 1. The normalized spacial score (nSPS) is 18.5. The molecule has 2 N–H and O–H groups in total. The molecule has 0 fully saturated rings. The Bertz CT molecular complexity index is 188. The van der Waals surface area contributed by atoms with Crippen LogP contribution in [0, 0.1) is 0 Å². The summed E-state index contributed by atoms with van der Waals surface area (Å²) in [5, 5.41) is 0. The molecule has 0 aromatic carbocycles. The topological polar surface area (TPSA) is 52.3 Å². The van der Waals surface area contributed by atoms with Crippen LogP contribution in [0.25, 0.3) is 0 Å². The largest absolute Gasteiger partial charge is 0.496 e. The summed E-state index contributed by atoms with van der Waals surface area (Å²) in [5.41, 5.74) is 5.06. The van der Waals surface area contributed by atoms with E-state index in [-0.39, 0.29) is 5.91 Å². The van der Waals surface area contributed by atoms with Crippen molar-refractivity contribution in [3.05, 3.63) is 10.7 Å². The van der Waals surface area contributed by atoms with Gasteiger partial charge in [-0.15, -0.1) is 11.8 Å². The molecule has 0 atom stereocenters. The highest BCUT2D eigenvalue weighted by Gasteiger charge is 2.14. The minimum absolute atomic E-state index is 0.387. The summed E-state index contributed by atoms with van der Waals surface area (Å²) in [5.74, 6) is 1.08. The van der Waals surface area contributed by atoms with Crippen LogP contribution in [-0.2, 0) is 9.53 Å². The minimum Gasteiger partial charge on any atom is -0.496 e. The van der Waals surface area contributed by atoms with Gasteiger partial charge in [0.1, 0.15) is 10.7 Å². The van der Waals surface area contributed by atoms with E-state index in [1.165, 1.54) is 11.8 Å². The Kier molecular flexibility index (Phi) is 2.21. The van der Waals surface area contributed by atoms with Crippen LogP contribution in [-0.4, -0.2) is 18.3 Å². The zero-order chi connectivity index (χ0) is 7.56. The average molecular weight is 159 g/mol. The monoisotopic (exact) mass is 159 g/mol. The molecule has 0 aromatic heterocycles. The number of amides is 1. The van der Waals surface area contributed by atoms with Gasteiger partial charge in [-0.25, -0.2) is 0 Å². The number of thioether (sulfide) groups is 1. The highest BCUT2D eigenvalue weighted by atomic mass is 32.2. The number of hydrogen-bond donors (Lipinski definition) is 1. The van der Waals surface area contributed by atoms with E-state index in [0.29, 0.717) is 17.3 Å². The molecular weight excluding hydrogens is 150 g/mol. The number of allylic oxidation sites excluding steroid dienone is 1. The predicted molar refractivity (Wildman–Crippen MR) is 40.3 cm³/mol. The van der Waals surface area contributed by atoms with Gasteiger partial charge >= 0.3 is 0 Å². The number of carbonyl (C=O) groups excluding carboxylic acids is 1. The molecule has 10 heavy (non-hydrogen) atoms. The molecule has 0 radical (unpaired) electrons. The minimum atomic E-state index is -0.387. The maximum absolute atomic E-state index is 10.6. The lowest BCUT2D eigenvalue weighted by molar-refractivity contribution is -0.114. The SMILES string of the molecule is CC1=C(C(N)=O)SCCO1. The van der Waals surface area contributed by atoms with Crippen molar-refractivity contribution < 1.29 is 9.53 Å². The molecule has 0 saturated heterocycles. The molecule has 1 rings (SSSR count). The number of rotatable bonds is 1. The Morgan fingerprint density at radius 3 is 2.90 bits per heavy atom. The first-order chi connectivity index (χ1) is 4.72. The third-order valence-electron chi connectivity index (χ3n) is 1.19. The van der Waals surface area contributed by atoms with Crippen molar-refractivity contribution in [1.82, 2.24) is 0 Å². The molecule has 0 saturated carbocycles. The van der Waals surface area contributed by atoms with E-state index in [4.69, 9.17) is 10.5 Å². The fraction of sp³-hybridized carbons (Fsp3) is 0.500. The van der Waals surface area contributed by atoms with Crippen molar-refractivity contribution in [2.24, 2.45) is 5.73 Å². The first-order valence-electron chi connectivity index (χ1n) is 2.98. The second-order valence-corrected chi connectivity index (χ2v) is 3.05.